The first-order valence-electron chi connectivity index (χ1n) is 5.21. The predicted molar refractivity (Wildman–Crippen MR) is 67.8 cm³/mol. The molecular formula is C12H10ClN3O2. The van der Waals surface area contributed by atoms with Gasteiger partial charge in [0.1, 0.15) is 5.56 Å². The molecule has 18 heavy (non-hydrogen) atoms. The number of nitrogens with one attached hydrogen (secondary N) is 1. The summed E-state index contributed by atoms with van der Waals surface area (Å²) in [5.41, 5.74) is 1.02. The van der Waals surface area contributed by atoms with Crippen LogP contribution in [0.25, 0.3) is 0 Å². The number of aromatic carboxylic acids is 1. The lowest BCUT2D eigenvalue weighted by Crippen LogP contribution is -2.09. The third kappa shape index (κ3) is 2.95. The van der Waals surface area contributed by atoms with Gasteiger partial charge in [-0.15, -0.1) is 10.2 Å². The molecule has 92 valence electrons. The second kappa shape index (κ2) is 5.46. The van der Waals surface area contributed by atoms with E-state index in [0.29, 0.717) is 6.54 Å². The van der Waals surface area contributed by atoms with Crippen LogP contribution in [-0.4, -0.2) is 21.3 Å². The van der Waals surface area contributed by atoms with Crippen molar-refractivity contribution in [1.29, 1.82) is 0 Å². The fraction of sp³-hybridized carbons (Fsp3) is 0.0833. The molecule has 6 heteroatoms. The number of carboxylic acids is 1. The quantitative estimate of drug-likeness (QED) is 0.886. The van der Waals surface area contributed by atoms with Gasteiger partial charge in [-0.3, -0.25) is 0 Å². The van der Waals surface area contributed by atoms with Gasteiger partial charge in [0.2, 0.25) is 0 Å². The van der Waals surface area contributed by atoms with E-state index in [1.807, 2.05) is 30.3 Å². The van der Waals surface area contributed by atoms with Gasteiger partial charge in [0.15, 0.2) is 11.0 Å². The number of halogens is 1. The highest BCUT2D eigenvalue weighted by Crippen LogP contribution is 2.16. The Morgan fingerprint density at radius 3 is 2.67 bits per heavy atom. The molecule has 1 aromatic heterocycles. The SMILES string of the molecule is O=C(O)c1cc(Cl)nnc1NCc1ccccc1. The zero-order valence-corrected chi connectivity index (χ0v) is 10.1. The molecule has 2 rings (SSSR count). The van der Waals surface area contributed by atoms with E-state index in [-0.39, 0.29) is 16.5 Å². The predicted octanol–water partition coefficient (Wildman–Crippen LogP) is 2.44. The first-order valence-corrected chi connectivity index (χ1v) is 5.59. The standard InChI is InChI=1S/C12H10ClN3O2/c13-10-6-9(12(17)18)11(16-15-10)14-7-8-4-2-1-3-5-8/h1-6H,7H2,(H,14,16)(H,17,18). The molecule has 2 N–H and O–H groups in total. The van der Waals surface area contributed by atoms with Gasteiger partial charge in [-0.2, -0.15) is 0 Å². The smallest absolute Gasteiger partial charge is 0.339 e. The van der Waals surface area contributed by atoms with Crippen LogP contribution < -0.4 is 5.32 Å². The van der Waals surface area contributed by atoms with Gasteiger partial charge in [-0.1, -0.05) is 41.9 Å². The largest absolute Gasteiger partial charge is 0.478 e. The minimum absolute atomic E-state index is 0.00549. The number of anilines is 1. The Morgan fingerprint density at radius 2 is 2.00 bits per heavy atom. The molecule has 0 amide bonds. The highest BCUT2D eigenvalue weighted by molar-refractivity contribution is 6.29. The summed E-state index contributed by atoms with van der Waals surface area (Å²) >= 11 is 5.61. The molecule has 0 unspecified atom stereocenters. The van der Waals surface area contributed by atoms with Gasteiger partial charge in [-0.05, 0) is 11.6 Å². The van der Waals surface area contributed by atoms with E-state index in [2.05, 4.69) is 15.5 Å². The Kier molecular flexibility index (Phi) is 3.74. The number of carboxylic acid groups (broad SMARTS) is 1. The molecule has 2 aromatic rings. The summed E-state index contributed by atoms with van der Waals surface area (Å²) in [6.45, 7) is 0.470. The molecular weight excluding hydrogens is 254 g/mol. The Balaban J connectivity index is 2.17. The van der Waals surface area contributed by atoms with E-state index in [1.165, 1.54) is 6.07 Å². The maximum Gasteiger partial charge on any atom is 0.339 e. The van der Waals surface area contributed by atoms with Crippen LogP contribution in [0.5, 0.6) is 0 Å². The topological polar surface area (TPSA) is 75.1 Å². The molecule has 0 aliphatic rings. The van der Waals surface area contributed by atoms with E-state index in [1.54, 1.807) is 0 Å². The third-order valence-electron chi connectivity index (χ3n) is 2.30. The van der Waals surface area contributed by atoms with Crippen molar-refractivity contribution in [3.05, 3.63) is 52.7 Å². The normalized spacial score (nSPS) is 10.1. The van der Waals surface area contributed by atoms with Gasteiger partial charge < -0.3 is 10.4 Å². The number of nitrogens with zero attached hydrogens (tertiary/aromatic N) is 2. The lowest BCUT2D eigenvalue weighted by molar-refractivity contribution is 0.0697. The minimum atomic E-state index is -1.10. The Labute approximate surface area is 108 Å². The summed E-state index contributed by atoms with van der Waals surface area (Å²) in [4.78, 5) is 11.0. The fourth-order valence-electron chi connectivity index (χ4n) is 1.44. The van der Waals surface area contributed by atoms with Gasteiger partial charge >= 0.3 is 5.97 Å². The van der Waals surface area contributed by atoms with E-state index in [9.17, 15) is 4.79 Å². The first kappa shape index (κ1) is 12.3. The van der Waals surface area contributed by atoms with Crippen LogP contribution in [0.15, 0.2) is 36.4 Å². The van der Waals surface area contributed by atoms with Crippen molar-refractivity contribution in [3.8, 4) is 0 Å². The average molecular weight is 264 g/mol. The van der Waals surface area contributed by atoms with Crippen LogP contribution in [0.4, 0.5) is 5.82 Å². The Morgan fingerprint density at radius 1 is 1.28 bits per heavy atom. The second-order valence-corrected chi connectivity index (χ2v) is 3.96. The lowest BCUT2D eigenvalue weighted by atomic mass is 10.2. The summed E-state index contributed by atoms with van der Waals surface area (Å²) in [7, 11) is 0. The highest BCUT2D eigenvalue weighted by Gasteiger charge is 2.12. The molecule has 5 nitrogen and oxygen atoms in total. The van der Waals surface area contributed by atoms with Crippen molar-refractivity contribution in [2.24, 2.45) is 0 Å². The number of rotatable bonds is 4. The second-order valence-electron chi connectivity index (χ2n) is 3.57. The maximum absolute atomic E-state index is 11.0. The van der Waals surface area contributed by atoms with Gasteiger partial charge in [-0.25, -0.2) is 4.79 Å². The molecule has 0 bridgehead atoms. The maximum atomic E-state index is 11.0. The molecule has 0 saturated carbocycles. The van der Waals surface area contributed by atoms with Crippen molar-refractivity contribution in [2.45, 2.75) is 6.54 Å². The van der Waals surface area contributed by atoms with Gasteiger partial charge in [0.25, 0.3) is 0 Å². The van der Waals surface area contributed by atoms with Crippen molar-refractivity contribution in [1.82, 2.24) is 10.2 Å². The van der Waals surface area contributed by atoms with Crippen LogP contribution >= 0.6 is 11.6 Å². The van der Waals surface area contributed by atoms with Crippen LogP contribution in [0.3, 0.4) is 0 Å². The van der Waals surface area contributed by atoms with Crippen LogP contribution in [0, 0.1) is 0 Å². The zero-order chi connectivity index (χ0) is 13.0. The Bertz CT molecular complexity index is 561. The zero-order valence-electron chi connectivity index (χ0n) is 9.30. The summed E-state index contributed by atoms with van der Waals surface area (Å²) in [6, 6.07) is 10.8. The first-order chi connectivity index (χ1) is 8.66. The number of hydrogen-bond donors (Lipinski definition) is 2. The van der Waals surface area contributed by atoms with E-state index in [4.69, 9.17) is 16.7 Å². The molecule has 0 saturated heterocycles. The third-order valence-corrected chi connectivity index (χ3v) is 2.48. The molecule has 0 radical (unpaired) electrons. The molecule has 1 aromatic carbocycles. The molecule has 0 atom stereocenters. The van der Waals surface area contributed by atoms with Crippen molar-refractivity contribution < 1.29 is 9.90 Å². The molecule has 0 aliphatic heterocycles. The molecule has 0 fully saturated rings. The summed E-state index contributed by atoms with van der Waals surface area (Å²) in [5.74, 6) is -0.891. The van der Waals surface area contributed by atoms with E-state index in [0.717, 1.165) is 5.56 Å². The van der Waals surface area contributed by atoms with E-state index < -0.39 is 5.97 Å². The molecule has 1 heterocycles. The molecule has 0 aliphatic carbocycles. The minimum Gasteiger partial charge on any atom is -0.478 e. The Hall–Kier alpha value is -2.14. The van der Waals surface area contributed by atoms with Crippen molar-refractivity contribution in [2.75, 3.05) is 5.32 Å². The summed E-state index contributed by atoms with van der Waals surface area (Å²) in [6.07, 6.45) is 0. The van der Waals surface area contributed by atoms with Gasteiger partial charge in [0, 0.05) is 6.54 Å². The van der Waals surface area contributed by atoms with Crippen molar-refractivity contribution in [3.63, 3.8) is 0 Å². The molecule has 0 spiro atoms. The van der Waals surface area contributed by atoms with Crippen LogP contribution in [0.2, 0.25) is 5.15 Å². The summed E-state index contributed by atoms with van der Waals surface area (Å²) < 4.78 is 0. The highest BCUT2D eigenvalue weighted by atomic mass is 35.5. The number of hydrogen-bond acceptors (Lipinski definition) is 4. The number of benzene rings is 1. The number of aromatic nitrogens is 2. The van der Waals surface area contributed by atoms with Gasteiger partial charge in [0.05, 0.1) is 0 Å². The monoisotopic (exact) mass is 263 g/mol. The summed E-state index contributed by atoms with van der Waals surface area (Å²) in [5, 5.41) is 19.4. The fourth-order valence-corrected chi connectivity index (χ4v) is 1.59. The average Bonchev–Trinajstić information content (AvgIpc) is 2.38. The van der Waals surface area contributed by atoms with Crippen LogP contribution in [-0.2, 0) is 6.54 Å². The van der Waals surface area contributed by atoms with Crippen LogP contribution in [0.1, 0.15) is 15.9 Å². The lowest BCUT2D eigenvalue weighted by Gasteiger charge is -2.07. The van der Waals surface area contributed by atoms with Crippen molar-refractivity contribution >= 4 is 23.4 Å². The van der Waals surface area contributed by atoms with E-state index >= 15 is 0 Å². The number of carbonyl (C=O) groups is 1.